The Morgan fingerprint density at radius 1 is 1.18 bits per heavy atom. The van der Waals surface area contributed by atoms with Crippen LogP contribution in [0.1, 0.15) is 26.2 Å². The molecule has 11 heavy (non-hydrogen) atoms. The van der Waals surface area contributed by atoms with Crippen LogP contribution in [0.5, 0.6) is 0 Å². The minimum absolute atomic E-state index is 0.628. The highest BCUT2D eigenvalue weighted by molar-refractivity contribution is 4.37. The summed E-state index contributed by atoms with van der Waals surface area (Å²) in [4.78, 5) is 5.05. The number of hydrogen-bond donors (Lipinski definition) is 1. The maximum atomic E-state index is 5.05. The second-order valence-electron chi connectivity index (χ2n) is 2.44. The summed E-state index contributed by atoms with van der Waals surface area (Å²) in [5.74, 6) is 0. The molecule has 0 aliphatic rings. The van der Waals surface area contributed by atoms with Crippen LogP contribution in [-0.2, 0) is 9.57 Å². The Balaban J connectivity index is 2.69. The average molecular weight is 161 g/mol. The topological polar surface area (TPSA) is 30.5 Å². The van der Waals surface area contributed by atoms with E-state index in [0.29, 0.717) is 13.2 Å². The maximum Gasteiger partial charge on any atom is 0.0915 e. The molecular formula is C8H19NO2. The van der Waals surface area contributed by atoms with Gasteiger partial charge in [-0.3, -0.25) is 4.84 Å². The number of unbranched alkanes of at least 4 members (excludes halogenated alkanes) is 2. The van der Waals surface area contributed by atoms with Crippen molar-refractivity contribution < 1.29 is 9.57 Å². The molecule has 0 aromatic heterocycles. The van der Waals surface area contributed by atoms with Crippen molar-refractivity contribution in [3.63, 3.8) is 0 Å². The zero-order chi connectivity index (χ0) is 8.36. The summed E-state index contributed by atoms with van der Waals surface area (Å²) in [5, 5.41) is 0. The van der Waals surface area contributed by atoms with Crippen molar-refractivity contribution in [1.29, 1.82) is 0 Å². The van der Waals surface area contributed by atoms with Gasteiger partial charge in [-0.15, -0.1) is 0 Å². The maximum absolute atomic E-state index is 5.05. The van der Waals surface area contributed by atoms with Crippen LogP contribution in [0.3, 0.4) is 0 Å². The van der Waals surface area contributed by atoms with Crippen LogP contribution in [-0.4, -0.2) is 26.9 Å². The Kier molecular flexibility index (Phi) is 9.77. The smallest absolute Gasteiger partial charge is 0.0915 e. The van der Waals surface area contributed by atoms with Gasteiger partial charge in [-0.25, -0.2) is 5.48 Å². The second kappa shape index (κ2) is 9.88. The van der Waals surface area contributed by atoms with Crippen molar-refractivity contribution in [3.8, 4) is 0 Å². The predicted octanol–water partition coefficient (Wildman–Crippen LogP) is 1.34. The van der Waals surface area contributed by atoms with Crippen LogP contribution in [0, 0.1) is 0 Å². The summed E-state index contributed by atoms with van der Waals surface area (Å²) < 4.78 is 4.80. The largest absolute Gasteiger partial charge is 0.382 e. The quantitative estimate of drug-likeness (QED) is 0.430. The fourth-order valence-corrected chi connectivity index (χ4v) is 0.717. The van der Waals surface area contributed by atoms with Gasteiger partial charge in [0, 0.05) is 13.7 Å². The van der Waals surface area contributed by atoms with E-state index in [4.69, 9.17) is 9.57 Å². The molecule has 0 bridgehead atoms. The van der Waals surface area contributed by atoms with Gasteiger partial charge in [0.2, 0.25) is 0 Å². The second-order valence-corrected chi connectivity index (χ2v) is 2.44. The Hall–Kier alpha value is -0.120. The number of nitrogens with one attached hydrogen (secondary N) is 1. The Bertz CT molecular complexity index is 61.1. The fourth-order valence-electron chi connectivity index (χ4n) is 0.717. The minimum atomic E-state index is 0.628. The minimum Gasteiger partial charge on any atom is -0.382 e. The number of ether oxygens (including phenoxy) is 1. The van der Waals surface area contributed by atoms with Gasteiger partial charge in [-0.05, 0) is 6.42 Å². The molecule has 0 atom stereocenters. The molecule has 0 aromatic rings. The molecule has 0 aliphatic heterocycles. The molecule has 0 aromatic carbocycles. The van der Waals surface area contributed by atoms with Gasteiger partial charge in [-0.2, -0.15) is 0 Å². The molecule has 0 saturated heterocycles. The summed E-state index contributed by atoms with van der Waals surface area (Å²) in [6.07, 6.45) is 3.70. The highest BCUT2D eigenvalue weighted by atomic mass is 16.7. The summed E-state index contributed by atoms with van der Waals surface area (Å²) in [6.45, 7) is 4.41. The fraction of sp³-hybridized carbons (Fsp3) is 1.00. The first-order valence-corrected chi connectivity index (χ1v) is 4.25. The van der Waals surface area contributed by atoms with Crippen LogP contribution >= 0.6 is 0 Å². The van der Waals surface area contributed by atoms with Crippen LogP contribution in [0.25, 0.3) is 0 Å². The van der Waals surface area contributed by atoms with Crippen molar-refractivity contribution in [2.45, 2.75) is 26.2 Å². The zero-order valence-electron chi connectivity index (χ0n) is 7.56. The van der Waals surface area contributed by atoms with Gasteiger partial charge in [0.1, 0.15) is 0 Å². The van der Waals surface area contributed by atoms with Gasteiger partial charge >= 0.3 is 0 Å². The molecular weight excluding hydrogens is 142 g/mol. The Labute approximate surface area is 69.0 Å². The van der Waals surface area contributed by atoms with Crippen LogP contribution in [0.15, 0.2) is 0 Å². The van der Waals surface area contributed by atoms with Crippen molar-refractivity contribution >= 4 is 0 Å². The summed E-state index contributed by atoms with van der Waals surface area (Å²) in [6, 6.07) is 0. The average Bonchev–Trinajstić information content (AvgIpc) is 2.03. The van der Waals surface area contributed by atoms with E-state index < -0.39 is 0 Å². The van der Waals surface area contributed by atoms with E-state index >= 15 is 0 Å². The number of rotatable bonds is 8. The summed E-state index contributed by atoms with van der Waals surface area (Å²) in [5.41, 5.74) is 2.88. The van der Waals surface area contributed by atoms with E-state index in [1.807, 2.05) is 0 Å². The molecule has 3 heteroatoms. The molecule has 0 fully saturated rings. The van der Waals surface area contributed by atoms with Gasteiger partial charge < -0.3 is 4.74 Å². The SMILES string of the molecule is CCCCCNOCCOC. The molecule has 1 N–H and O–H groups in total. The van der Waals surface area contributed by atoms with Crippen LogP contribution < -0.4 is 5.48 Å². The first-order chi connectivity index (χ1) is 5.41. The molecule has 0 spiro atoms. The van der Waals surface area contributed by atoms with E-state index in [9.17, 15) is 0 Å². The van der Waals surface area contributed by atoms with Crippen molar-refractivity contribution in [2.75, 3.05) is 26.9 Å². The zero-order valence-corrected chi connectivity index (χ0v) is 7.56. The molecule has 0 rings (SSSR count). The molecule has 0 radical (unpaired) electrons. The predicted molar refractivity (Wildman–Crippen MR) is 45.4 cm³/mol. The van der Waals surface area contributed by atoms with Crippen LogP contribution in [0.4, 0.5) is 0 Å². The lowest BCUT2D eigenvalue weighted by molar-refractivity contribution is 0.00649. The van der Waals surface area contributed by atoms with Crippen molar-refractivity contribution in [2.24, 2.45) is 0 Å². The lowest BCUT2D eigenvalue weighted by Crippen LogP contribution is -2.18. The third-order valence-electron chi connectivity index (χ3n) is 1.37. The van der Waals surface area contributed by atoms with Crippen LogP contribution in [0.2, 0.25) is 0 Å². The first kappa shape index (κ1) is 10.9. The number of hydrogen-bond acceptors (Lipinski definition) is 3. The molecule has 0 saturated carbocycles. The first-order valence-electron chi connectivity index (χ1n) is 4.25. The molecule has 68 valence electrons. The van der Waals surface area contributed by atoms with Gasteiger partial charge in [-0.1, -0.05) is 19.8 Å². The van der Waals surface area contributed by atoms with Crippen molar-refractivity contribution in [1.82, 2.24) is 5.48 Å². The Morgan fingerprint density at radius 3 is 2.64 bits per heavy atom. The third-order valence-corrected chi connectivity index (χ3v) is 1.37. The molecule has 0 aliphatic carbocycles. The molecule has 0 heterocycles. The van der Waals surface area contributed by atoms with E-state index in [-0.39, 0.29) is 0 Å². The summed E-state index contributed by atoms with van der Waals surface area (Å²) in [7, 11) is 1.67. The van der Waals surface area contributed by atoms with E-state index in [1.54, 1.807) is 7.11 Å². The summed E-state index contributed by atoms with van der Waals surface area (Å²) >= 11 is 0. The molecule has 0 unspecified atom stereocenters. The van der Waals surface area contributed by atoms with Gasteiger partial charge in [0.25, 0.3) is 0 Å². The Morgan fingerprint density at radius 2 is 2.00 bits per heavy atom. The lowest BCUT2D eigenvalue weighted by atomic mass is 10.3. The van der Waals surface area contributed by atoms with Gasteiger partial charge in [0.05, 0.1) is 13.2 Å². The third kappa shape index (κ3) is 9.88. The highest BCUT2D eigenvalue weighted by Gasteiger charge is 1.86. The number of methoxy groups -OCH3 is 1. The normalized spacial score (nSPS) is 10.4. The standard InChI is InChI=1S/C8H19NO2/c1-3-4-5-6-9-11-8-7-10-2/h9H,3-8H2,1-2H3. The van der Waals surface area contributed by atoms with Crippen molar-refractivity contribution in [3.05, 3.63) is 0 Å². The number of hydroxylamine groups is 1. The molecule has 0 amide bonds. The van der Waals surface area contributed by atoms with E-state index in [0.717, 1.165) is 6.54 Å². The van der Waals surface area contributed by atoms with E-state index in [1.165, 1.54) is 19.3 Å². The monoisotopic (exact) mass is 161 g/mol. The molecule has 3 nitrogen and oxygen atoms in total. The van der Waals surface area contributed by atoms with E-state index in [2.05, 4.69) is 12.4 Å². The highest BCUT2D eigenvalue weighted by Crippen LogP contribution is 1.90. The lowest BCUT2D eigenvalue weighted by Gasteiger charge is -2.03. The van der Waals surface area contributed by atoms with Gasteiger partial charge in [0.15, 0.2) is 0 Å².